The number of aliphatic hydroxyl groups excluding tert-OH is 2. The Morgan fingerprint density at radius 1 is 0.543 bits per heavy atom. The van der Waals surface area contributed by atoms with Crippen molar-refractivity contribution in [2.24, 2.45) is 0 Å². The third kappa shape index (κ3) is 5.08. The molecule has 0 bridgehead atoms. The van der Waals surface area contributed by atoms with Crippen molar-refractivity contribution in [2.45, 2.75) is 0 Å². The Morgan fingerprint density at radius 2 is 1.07 bits per heavy atom. The number of benzene rings is 5. The molecule has 0 fully saturated rings. The van der Waals surface area contributed by atoms with Gasteiger partial charge in [-0.2, -0.15) is 4.58 Å². The molecule has 6 nitrogen and oxygen atoms in total. The SMILES string of the molecule is O=C1C(c2ccc(N(c3ccccc3)c3ccccc3)cc2O)=C(O)/C1=C1\C=CC(=[N+](c2ccccc2)c2ccccc2)C=C1O. The van der Waals surface area contributed by atoms with Gasteiger partial charge in [-0.05, 0) is 42.5 Å². The smallest absolute Gasteiger partial charge is 0.215 e. The molecule has 2 aliphatic rings. The zero-order chi connectivity index (χ0) is 31.6. The lowest BCUT2D eigenvalue weighted by Crippen LogP contribution is -2.24. The van der Waals surface area contributed by atoms with Crippen molar-refractivity contribution in [1.82, 2.24) is 4.58 Å². The Morgan fingerprint density at radius 3 is 1.54 bits per heavy atom. The zero-order valence-electron chi connectivity index (χ0n) is 24.7. The summed E-state index contributed by atoms with van der Waals surface area (Å²) in [5, 5.41) is 33.4. The molecule has 0 heterocycles. The number of ketones is 1. The number of nitrogens with zero attached hydrogens (tertiary/aromatic N) is 2. The molecular weight excluding hydrogens is 572 g/mol. The number of hydrogen-bond acceptors (Lipinski definition) is 5. The Hall–Kier alpha value is -6.40. The number of anilines is 3. The molecule has 0 spiro atoms. The van der Waals surface area contributed by atoms with Crippen LogP contribution in [0.5, 0.6) is 5.75 Å². The van der Waals surface area contributed by atoms with Crippen LogP contribution in [0.1, 0.15) is 5.56 Å². The number of Topliss-reactive ketones (excluding diaryl/α,β-unsaturated/α-hetero) is 1. The van der Waals surface area contributed by atoms with Gasteiger partial charge in [-0.25, -0.2) is 0 Å². The molecule has 7 rings (SSSR count). The van der Waals surface area contributed by atoms with E-state index in [4.69, 9.17) is 0 Å². The Labute approximate surface area is 266 Å². The lowest BCUT2D eigenvalue weighted by atomic mass is 9.79. The summed E-state index contributed by atoms with van der Waals surface area (Å²) in [6.45, 7) is 0. The van der Waals surface area contributed by atoms with Gasteiger partial charge >= 0.3 is 0 Å². The quantitative estimate of drug-likeness (QED) is 0.134. The number of phenolic OH excluding ortho intramolecular Hbond substituents is 1. The van der Waals surface area contributed by atoms with Gasteiger partial charge in [-0.1, -0.05) is 72.8 Å². The largest absolute Gasteiger partial charge is 0.507 e. The van der Waals surface area contributed by atoms with Gasteiger partial charge in [0, 0.05) is 64.6 Å². The molecule has 5 aromatic rings. The summed E-state index contributed by atoms with van der Waals surface area (Å²) in [6, 6.07) is 44.1. The molecular formula is C40H29N2O4+. The molecule has 5 aromatic carbocycles. The summed E-state index contributed by atoms with van der Waals surface area (Å²) in [6.07, 6.45) is 5.01. The van der Waals surface area contributed by atoms with Crippen molar-refractivity contribution in [2.75, 3.05) is 4.90 Å². The molecule has 0 radical (unpaired) electrons. The summed E-state index contributed by atoms with van der Waals surface area (Å²) in [5.74, 6) is -1.04. The van der Waals surface area contributed by atoms with Crippen LogP contribution in [0.25, 0.3) is 5.57 Å². The second-order valence-electron chi connectivity index (χ2n) is 10.8. The van der Waals surface area contributed by atoms with Crippen LogP contribution in [0.15, 0.2) is 180 Å². The first kappa shape index (κ1) is 28.4. The van der Waals surface area contributed by atoms with Crippen LogP contribution in [0.2, 0.25) is 0 Å². The van der Waals surface area contributed by atoms with Gasteiger partial charge in [0.25, 0.3) is 0 Å². The van der Waals surface area contributed by atoms with Gasteiger partial charge in [0.05, 0.1) is 17.2 Å². The van der Waals surface area contributed by atoms with E-state index in [-0.39, 0.29) is 39.6 Å². The molecule has 0 unspecified atom stereocenters. The van der Waals surface area contributed by atoms with Gasteiger partial charge < -0.3 is 20.2 Å². The first-order valence-electron chi connectivity index (χ1n) is 14.8. The Kier molecular flexibility index (Phi) is 7.37. The van der Waals surface area contributed by atoms with Crippen LogP contribution in [0.3, 0.4) is 0 Å². The van der Waals surface area contributed by atoms with Crippen molar-refractivity contribution in [3.63, 3.8) is 0 Å². The lowest BCUT2D eigenvalue weighted by molar-refractivity contribution is -0.111. The maximum absolute atomic E-state index is 13.5. The highest BCUT2D eigenvalue weighted by Crippen LogP contribution is 2.45. The van der Waals surface area contributed by atoms with E-state index in [2.05, 4.69) is 0 Å². The van der Waals surface area contributed by atoms with Gasteiger partial charge in [0.15, 0.2) is 0 Å². The summed E-state index contributed by atoms with van der Waals surface area (Å²) in [5.41, 5.74) is 5.40. The maximum Gasteiger partial charge on any atom is 0.215 e. The van der Waals surface area contributed by atoms with Crippen LogP contribution >= 0.6 is 0 Å². The predicted molar refractivity (Wildman–Crippen MR) is 184 cm³/mol. The van der Waals surface area contributed by atoms with E-state index >= 15 is 0 Å². The van der Waals surface area contributed by atoms with Crippen molar-refractivity contribution in [1.29, 1.82) is 0 Å². The van der Waals surface area contributed by atoms with Crippen molar-refractivity contribution >= 4 is 45.5 Å². The fourth-order valence-electron chi connectivity index (χ4n) is 5.85. The van der Waals surface area contributed by atoms with Gasteiger partial charge in [0.1, 0.15) is 17.3 Å². The minimum atomic E-state index is -0.463. The minimum Gasteiger partial charge on any atom is -0.507 e. The van der Waals surface area contributed by atoms with Crippen molar-refractivity contribution < 1.29 is 20.1 Å². The normalized spacial score (nSPS) is 15.8. The second kappa shape index (κ2) is 11.9. The second-order valence-corrected chi connectivity index (χ2v) is 10.8. The van der Waals surface area contributed by atoms with Gasteiger partial charge in [-0.3, -0.25) is 4.79 Å². The standard InChI is InChI=1S/C40H28N2O4/c43-35-25-31(41(27-13-5-1-6-14-27)28-15-7-2-8-16-28)21-23-33(35)37-39(45)38(40(37)46)34-24-22-32(26-36(34)44)42(29-17-9-3-10-18-29)30-19-11-4-12-20-30/h1-26H,(H2,43,44,45,46)/p+1. The number of allylic oxidation sites excluding steroid dienone is 5. The summed E-state index contributed by atoms with van der Waals surface area (Å²) < 4.78 is 1.99. The summed E-state index contributed by atoms with van der Waals surface area (Å²) >= 11 is 0. The minimum absolute atomic E-state index is 0.00342. The van der Waals surface area contributed by atoms with E-state index in [0.717, 1.165) is 22.7 Å². The molecule has 0 amide bonds. The van der Waals surface area contributed by atoms with Crippen LogP contribution in [0, 0.1) is 0 Å². The fourth-order valence-corrected chi connectivity index (χ4v) is 5.85. The van der Waals surface area contributed by atoms with E-state index in [9.17, 15) is 20.1 Å². The molecule has 0 saturated carbocycles. The molecule has 3 N–H and O–H groups in total. The average molecular weight is 602 g/mol. The van der Waals surface area contributed by atoms with E-state index < -0.39 is 5.78 Å². The van der Waals surface area contributed by atoms with E-state index in [0.29, 0.717) is 11.4 Å². The number of para-hydroxylation sites is 4. The number of rotatable bonds is 6. The first-order valence-corrected chi connectivity index (χ1v) is 14.8. The van der Waals surface area contributed by atoms with Gasteiger partial charge in [-0.15, -0.1) is 0 Å². The Bertz CT molecular complexity index is 2030. The van der Waals surface area contributed by atoms with Gasteiger partial charge in [0.2, 0.25) is 22.9 Å². The summed E-state index contributed by atoms with van der Waals surface area (Å²) in [4.78, 5) is 15.5. The zero-order valence-corrected chi connectivity index (χ0v) is 24.7. The van der Waals surface area contributed by atoms with E-state index in [1.165, 1.54) is 0 Å². The molecule has 0 aliphatic heterocycles. The van der Waals surface area contributed by atoms with E-state index in [1.54, 1.807) is 36.4 Å². The first-order chi connectivity index (χ1) is 22.5. The number of phenols is 1. The molecule has 2 aliphatic carbocycles. The van der Waals surface area contributed by atoms with Crippen molar-refractivity contribution in [3.05, 3.63) is 186 Å². The number of carbonyl (C=O) groups excluding carboxylic acids is 1. The third-order valence-electron chi connectivity index (χ3n) is 8.00. The third-order valence-corrected chi connectivity index (χ3v) is 8.00. The molecule has 46 heavy (non-hydrogen) atoms. The molecule has 0 atom stereocenters. The van der Waals surface area contributed by atoms with E-state index in [1.807, 2.05) is 131 Å². The Balaban J connectivity index is 1.25. The van der Waals surface area contributed by atoms with Crippen molar-refractivity contribution in [3.8, 4) is 5.75 Å². The maximum atomic E-state index is 13.5. The summed E-state index contributed by atoms with van der Waals surface area (Å²) in [7, 11) is 0. The number of aromatic hydroxyl groups is 1. The molecule has 0 saturated heterocycles. The average Bonchev–Trinajstić information content (AvgIpc) is 3.09. The highest BCUT2D eigenvalue weighted by molar-refractivity contribution is 6.40. The number of carbonyl (C=O) groups is 1. The number of aliphatic hydroxyl groups is 2. The van der Waals surface area contributed by atoms with Crippen LogP contribution in [-0.2, 0) is 4.79 Å². The van der Waals surface area contributed by atoms with Crippen LogP contribution in [-0.4, -0.2) is 26.8 Å². The lowest BCUT2D eigenvalue weighted by Gasteiger charge is -2.27. The van der Waals surface area contributed by atoms with Crippen LogP contribution in [0.4, 0.5) is 28.4 Å². The predicted octanol–water partition coefficient (Wildman–Crippen LogP) is 9.00. The highest BCUT2D eigenvalue weighted by atomic mass is 16.3. The fraction of sp³-hybridized carbons (Fsp3) is 0. The molecule has 0 aromatic heterocycles. The molecule has 222 valence electrons. The topological polar surface area (TPSA) is 84.0 Å². The monoisotopic (exact) mass is 601 g/mol. The molecule has 6 heteroatoms. The highest BCUT2D eigenvalue weighted by Gasteiger charge is 2.39. The van der Waals surface area contributed by atoms with Crippen LogP contribution < -0.4 is 9.48 Å². The number of hydrogen-bond donors (Lipinski definition) is 3.